The highest BCUT2D eigenvalue weighted by molar-refractivity contribution is 5.92. The number of nitrogens with two attached hydrogens (primary N) is 1. The van der Waals surface area contributed by atoms with Crippen molar-refractivity contribution in [2.75, 3.05) is 13.1 Å². The quantitative estimate of drug-likeness (QED) is 0.773. The van der Waals surface area contributed by atoms with Gasteiger partial charge in [0.2, 0.25) is 5.91 Å². The van der Waals surface area contributed by atoms with Crippen LogP contribution in [0.15, 0.2) is 10.6 Å². The monoisotopic (exact) mass is 362 g/mol. The first-order valence-electron chi connectivity index (χ1n) is 9.79. The number of carbonyl (C=O) groups is 2. The summed E-state index contributed by atoms with van der Waals surface area (Å²) in [6.07, 6.45) is 5.75. The average Bonchev–Trinajstić information content (AvgIpc) is 3.36. The maximum absolute atomic E-state index is 12.8. The fourth-order valence-electron chi connectivity index (χ4n) is 3.63. The summed E-state index contributed by atoms with van der Waals surface area (Å²) < 4.78 is 5.23. The zero-order valence-electron chi connectivity index (χ0n) is 15.7. The van der Waals surface area contributed by atoms with Gasteiger partial charge in [0.15, 0.2) is 5.69 Å². The van der Waals surface area contributed by atoms with Crippen LogP contribution in [0.5, 0.6) is 0 Å². The zero-order chi connectivity index (χ0) is 18.7. The molecule has 2 fully saturated rings. The minimum absolute atomic E-state index is 0.0642. The normalized spacial score (nSPS) is 24.1. The lowest BCUT2D eigenvalue weighted by molar-refractivity contribution is -0.136. The van der Waals surface area contributed by atoms with Crippen molar-refractivity contribution in [1.29, 1.82) is 0 Å². The van der Waals surface area contributed by atoms with Crippen LogP contribution in [-0.4, -0.2) is 47.0 Å². The maximum Gasteiger partial charge on any atom is 0.273 e. The molecule has 1 aromatic rings. The molecule has 2 saturated carbocycles. The van der Waals surface area contributed by atoms with Crippen LogP contribution in [-0.2, 0) is 4.79 Å². The van der Waals surface area contributed by atoms with Crippen molar-refractivity contribution in [1.82, 2.24) is 15.4 Å². The lowest BCUT2D eigenvalue weighted by atomic mass is 9.85. The third-order valence-electron chi connectivity index (χ3n) is 5.43. The number of nitrogens with zero attached hydrogens (tertiary/aromatic N) is 2. The zero-order valence-corrected chi connectivity index (χ0v) is 15.7. The van der Waals surface area contributed by atoms with Crippen LogP contribution < -0.4 is 11.1 Å². The van der Waals surface area contributed by atoms with Crippen molar-refractivity contribution in [3.05, 3.63) is 17.5 Å². The average molecular weight is 362 g/mol. The summed E-state index contributed by atoms with van der Waals surface area (Å²) in [6, 6.07) is 1.81. The van der Waals surface area contributed by atoms with Gasteiger partial charge >= 0.3 is 0 Å². The molecule has 3 N–H and O–H groups in total. The number of likely N-dealkylation sites (N-methyl/N-ethyl adjacent to an activating group) is 1. The van der Waals surface area contributed by atoms with Crippen LogP contribution in [0, 0.1) is 5.92 Å². The predicted molar refractivity (Wildman–Crippen MR) is 97.6 cm³/mol. The summed E-state index contributed by atoms with van der Waals surface area (Å²) in [4.78, 5) is 26.9. The highest BCUT2D eigenvalue weighted by Crippen LogP contribution is 2.40. The van der Waals surface area contributed by atoms with Gasteiger partial charge in [-0.15, -0.1) is 0 Å². The third-order valence-corrected chi connectivity index (χ3v) is 5.43. The minimum Gasteiger partial charge on any atom is -0.360 e. The Hall–Kier alpha value is -1.89. The molecule has 0 saturated heterocycles. The van der Waals surface area contributed by atoms with E-state index in [-0.39, 0.29) is 29.8 Å². The smallest absolute Gasteiger partial charge is 0.273 e. The van der Waals surface area contributed by atoms with E-state index < -0.39 is 0 Å². The molecule has 144 valence electrons. The number of hydrogen-bond donors (Lipinski definition) is 2. The molecule has 0 aliphatic heterocycles. The summed E-state index contributed by atoms with van der Waals surface area (Å²) in [5, 5.41) is 6.79. The van der Waals surface area contributed by atoms with Gasteiger partial charge in [-0.05, 0) is 52.4 Å². The molecule has 3 rings (SSSR count). The van der Waals surface area contributed by atoms with E-state index >= 15 is 0 Å². The van der Waals surface area contributed by atoms with Crippen LogP contribution in [0.1, 0.15) is 74.5 Å². The number of nitrogens with one attached hydrogen (secondary N) is 1. The minimum atomic E-state index is -0.250. The van der Waals surface area contributed by atoms with Crippen molar-refractivity contribution in [3.63, 3.8) is 0 Å². The molecule has 2 aliphatic rings. The van der Waals surface area contributed by atoms with Gasteiger partial charge in [0.25, 0.3) is 5.91 Å². The van der Waals surface area contributed by atoms with Crippen LogP contribution in [0.4, 0.5) is 0 Å². The van der Waals surface area contributed by atoms with E-state index in [4.69, 9.17) is 10.3 Å². The topological polar surface area (TPSA) is 101 Å². The first-order valence-corrected chi connectivity index (χ1v) is 9.79. The van der Waals surface area contributed by atoms with Crippen LogP contribution >= 0.6 is 0 Å². The first-order chi connectivity index (χ1) is 12.5. The van der Waals surface area contributed by atoms with Gasteiger partial charge in [-0.1, -0.05) is 5.16 Å². The molecule has 0 radical (unpaired) electrons. The van der Waals surface area contributed by atoms with E-state index in [0.29, 0.717) is 24.7 Å². The SMILES string of the molecule is CCN(C[C@@H](C)NC(=O)c1cc(C2CC2)on1)C(=O)[C@H]1CC[C@H](N)CC1. The lowest BCUT2D eigenvalue weighted by Crippen LogP contribution is -2.47. The van der Waals surface area contributed by atoms with Crippen molar-refractivity contribution >= 4 is 11.8 Å². The molecule has 1 aromatic heterocycles. The Morgan fingerprint density at radius 1 is 1.31 bits per heavy atom. The van der Waals surface area contributed by atoms with Gasteiger partial charge in [-0.2, -0.15) is 0 Å². The molecule has 2 aliphatic carbocycles. The van der Waals surface area contributed by atoms with Crippen LogP contribution in [0.3, 0.4) is 0 Å². The Labute approximate surface area is 154 Å². The fraction of sp³-hybridized carbons (Fsp3) is 0.737. The van der Waals surface area contributed by atoms with Crippen LogP contribution in [0.2, 0.25) is 0 Å². The number of hydrogen-bond acceptors (Lipinski definition) is 5. The molecule has 0 unspecified atom stereocenters. The Bertz CT molecular complexity index is 632. The maximum atomic E-state index is 12.8. The Kier molecular flexibility index (Phi) is 5.96. The van der Waals surface area contributed by atoms with Gasteiger partial charge in [0, 0.05) is 43.1 Å². The van der Waals surface area contributed by atoms with Gasteiger partial charge < -0.3 is 20.5 Å². The van der Waals surface area contributed by atoms with Gasteiger partial charge in [-0.3, -0.25) is 9.59 Å². The van der Waals surface area contributed by atoms with E-state index in [0.717, 1.165) is 44.3 Å². The molecule has 0 spiro atoms. The standard InChI is InChI=1S/C19H30N4O3/c1-3-23(19(25)14-6-8-15(20)9-7-14)11-12(2)21-18(24)16-10-17(26-22-16)13-4-5-13/h10,12-15H,3-9,11,20H2,1-2H3,(H,21,24)/t12-,14-,15-/m1/s1. The third kappa shape index (κ3) is 4.63. The van der Waals surface area contributed by atoms with Crippen molar-refractivity contribution in [3.8, 4) is 0 Å². The molecule has 7 heteroatoms. The molecular weight excluding hydrogens is 332 g/mol. The molecule has 26 heavy (non-hydrogen) atoms. The summed E-state index contributed by atoms with van der Waals surface area (Å²) >= 11 is 0. The Morgan fingerprint density at radius 3 is 2.62 bits per heavy atom. The highest BCUT2D eigenvalue weighted by atomic mass is 16.5. The number of carbonyl (C=O) groups excluding carboxylic acids is 2. The Balaban J connectivity index is 1.50. The molecular formula is C19H30N4O3. The second-order valence-corrected chi connectivity index (χ2v) is 7.75. The summed E-state index contributed by atoms with van der Waals surface area (Å²) in [5.74, 6) is 1.22. The molecule has 1 atom stereocenters. The van der Waals surface area contributed by atoms with E-state index in [1.54, 1.807) is 6.07 Å². The summed E-state index contributed by atoms with van der Waals surface area (Å²) in [6.45, 7) is 5.02. The van der Waals surface area contributed by atoms with Gasteiger partial charge in [0.05, 0.1) is 0 Å². The van der Waals surface area contributed by atoms with Gasteiger partial charge in [0.1, 0.15) is 5.76 Å². The number of rotatable bonds is 7. The largest absolute Gasteiger partial charge is 0.360 e. The van der Waals surface area contributed by atoms with E-state index in [1.807, 2.05) is 18.7 Å². The fourth-order valence-corrected chi connectivity index (χ4v) is 3.63. The number of amides is 2. The van der Waals surface area contributed by atoms with Gasteiger partial charge in [-0.25, -0.2) is 0 Å². The summed E-state index contributed by atoms with van der Waals surface area (Å²) in [5.41, 5.74) is 6.25. The second-order valence-electron chi connectivity index (χ2n) is 7.75. The molecule has 1 heterocycles. The molecule has 0 bridgehead atoms. The van der Waals surface area contributed by atoms with Crippen molar-refractivity contribution < 1.29 is 14.1 Å². The van der Waals surface area contributed by atoms with Crippen molar-refractivity contribution in [2.45, 2.75) is 70.4 Å². The van der Waals surface area contributed by atoms with E-state index in [1.165, 1.54) is 0 Å². The first kappa shape index (κ1) is 18.9. The van der Waals surface area contributed by atoms with E-state index in [9.17, 15) is 9.59 Å². The second kappa shape index (κ2) is 8.20. The van der Waals surface area contributed by atoms with E-state index in [2.05, 4.69) is 10.5 Å². The van der Waals surface area contributed by atoms with Crippen molar-refractivity contribution in [2.24, 2.45) is 11.7 Å². The predicted octanol–water partition coefficient (Wildman–Crippen LogP) is 2.04. The molecule has 2 amide bonds. The molecule has 7 nitrogen and oxygen atoms in total. The van der Waals surface area contributed by atoms with Crippen LogP contribution in [0.25, 0.3) is 0 Å². The highest BCUT2D eigenvalue weighted by Gasteiger charge is 2.30. The Morgan fingerprint density at radius 2 is 2.00 bits per heavy atom. The lowest BCUT2D eigenvalue weighted by Gasteiger charge is -2.32. The summed E-state index contributed by atoms with van der Waals surface area (Å²) in [7, 11) is 0. The molecule has 0 aromatic carbocycles. The number of aromatic nitrogens is 1.